The summed E-state index contributed by atoms with van der Waals surface area (Å²) in [5.41, 5.74) is 9.52. The lowest BCUT2D eigenvalue weighted by molar-refractivity contribution is 0.827. The van der Waals surface area contributed by atoms with Crippen LogP contribution in [0.4, 0.5) is 5.69 Å². The first-order valence-electron chi connectivity index (χ1n) is 15.0. The summed E-state index contributed by atoms with van der Waals surface area (Å²) < 4.78 is 4.67. The van der Waals surface area contributed by atoms with Crippen molar-refractivity contribution in [2.24, 2.45) is 0 Å². The molecule has 2 aromatic heterocycles. The molecule has 0 unspecified atom stereocenters. The van der Waals surface area contributed by atoms with Crippen molar-refractivity contribution in [2.75, 3.05) is 0 Å². The van der Waals surface area contributed by atoms with Gasteiger partial charge in [-0.1, -0.05) is 72.8 Å². The summed E-state index contributed by atoms with van der Waals surface area (Å²) >= 11 is 0. The zero-order valence-electron chi connectivity index (χ0n) is 24.8. The standard InChI is InChI=1S/C40H30N4/c1-4-43-37-12-8-6-10-32(37)34-22-27(16-20-39(34)43)14-18-29-25-36(42-3)30(24-31(29)26-41)19-15-28-17-21-40-35(23-28)33-11-7-9-13-38(33)44(40)5-2/h6-25H,4-5H2,1-2H3/b18-14+,19-15+. The van der Waals surface area contributed by atoms with Crippen molar-refractivity contribution in [1.82, 2.24) is 9.13 Å². The van der Waals surface area contributed by atoms with E-state index in [2.05, 4.69) is 119 Å². The Hall–Kier alpha value is -5.84. The largest absolute Gasteiger partial charge is 0.341 e. The first-order chi connectivity index (χ1) is 21.6. The second-order valence-electron chi connectivity index (χ2n) is 11.0. The maximum absolute atomic E-state index is 10.0. The van der Waals surface area contributed by atoms with E-state index in [0.29, 0.717) is 11.3 Å². The topological polar surface area (TPSA) is 38.0 Å². The number of hydrogen-bond acceptors (Lipinski definition) is 1. The molecule has 0 saturated heterocycles. The van der Waals surface area contributed by atoms with E-state index < -0.39 is 0 Å². The monoisotopic (exact) mass is 566 g/mol. The third-order valence-electron chi connectivity index (χ3n) is 8.58. The zero-order valence-corrected chi connectivity index (χ0v) is 24.8. The lowest BCUT2D eigenvalue weighted by atomic mass is 10.00. The van der Waals surface area contributed by atoms with Crippen molar-refractivity contribution in [2.45, 2.75) is 26.9 Å². The van der Waals surface area contributed by atoms with Gasteiger partial charge in [-0.05, 0) is 84.6 Å². The van der Waals surface area contributed by atoms with Gasteiger partial charge in [0.25, 0.3) is 0 Å². The summed E-state index contributed by atoms with van der Waals surface area (Å²) in [5.74, 6) is 0. The quantitative estimate of drug-likeness (QED) is 0.146. The van der Waals surface area contributed by atoms with E-state index >= 15 is 0 Å². The Balaban J connectivity index is 1.23. The van der Waals surface area contributed by atoms with Gasteiger partial charge in [-0.15, -0.1) is 0 Å². The Bertz CT molecular complexity index is 2210. The summed E-state index contributed by atoms with van der Waals surface area (Å²) in [7, 11) is 0. The van der Waals surface area contributed by atoms with E-state index in [4.69, 9.17) is 6.57 Å². The smallest absolute Gasteiger partial charge is 0.194 e. The Kier molecular flexibility index (Phi) is 6.82. The fraction of sp³-hybridized carbons (Fsp3) is 0.100. The number of aromatic nitrogens is 2. The number of aryl methyl sites for hydroxylation is 2. The fourth-order valence-electron chi connectivity index (χ4n) is 6.49. The number of hydrogen-bond donors (Lipinski definition) is 0. The molecular weight excluding hydrogens is 536 g/mol. The van der Waals surface area contributed by atoms with Crippen LogP contribution in [0.25, 0.3) is 72.8 Å². The highest BCUT2D eigenvalue weighted by Gasteiger charge is 2.11. The minimum atomic E-state index is 0.519. The molecule has 0 N–H and O–H groups in total. The second kappa shape index (κ2) is 11.1. The molecule has 0 aliphatic heterocycles. The normalized spacial score (nSPS) is 11.8. The molecule has 0 spiro atoms. The van der Waals surface area contributed by atoms with Gasteiger partial charge < -0.3 is 9.13 Å². The average molecular weight is 567 g/mol. The number of nitriles is 1. The van der Waals surface area contributed by atoms with Gasteiger partial charge in [0.15, 0.2) is 5.69 Å². The molecule has 0 fully saturated rings. The molecule has 44 heavy (non-hydrogen) atoms. The molecule has 0 bridgehead atoms. The molecule has 5 aromatic carbocycles. The minimum Gasteiger partial charge on any atom is -0.341 e. The number of fused-ring (bicyclic) bond motifs is 6. The first kappa shape index (κ1) is 27.0. The van der Waals surface area contributed by atoms with E-state index in [1.54, 1.807) is 0 Å². The molecule has 4 heteroatoms. The summed E-state index contributed by atoms with van der Waals surface area (Å²) in [6.07, 6.45) is 7.94. The van der Waals surface area contributed by atoms with Gasteiger partial charge in [-0.2, -0.15) is 5.26 Å². The van der Waals surface area contributed by atoms with Gasteiger partial charge in [0.1, 0.15) is 0 Å². The molecule has 7 aromatic rings. The van der Waals surface area contributed by atoms with Crippen molar-refractivity contribution in [3.63, 3.8) is 0 Å². The summed E-state index contributed by atoms with van der Waals surface area (Å²) in [6.45, 7) is 14.0. The van der Waals surface area contributed by atoms with Crippen molar-refractivity contribution >= 4 is 73.6 Å². The lowest BCUT2D eigenvalue weighted by Crippen LogP contribution is -1.92. The number of benzene rings is 5. The highest BCUT2D eigenvalue weighted by molar-refractivity contribution is 6.09. The van der Waals surface area contributed by atoms with Crippen LogP contribution in [0, 0.1) is 17.9 Å². The predicted molar refractivity (Wildman–Crippen MR) is 186 cm³/mol. The van der Waals surface area contributed by atoms with Gasteiger partial charge >= 0.3 is 0 Å². The Morgan fingerprint density at radius 3 is 1.61 bits per heavy atom. The Labute approximate surface area is 256 Å². The van der Waals surface area contributed by atoms with E-state index in [9.17, 15) is 5.26 Å². The van der Waals surface area contributed by atoms with Crippen LogP contribution in [0.15, 0.2) is 97.1 Å². The molecule has 0 aliphatic carbocycles. The van der Waals surface area contributed by atoms with Crippen molar-refractivity contribution in [3.8, 4) is 6.07 Å². The van der Waals surface area contributed by atoms with E-state index in [1.165, 1.54) is 43.6 Å². The van der Waals surface area contributed by atoms with Crippen LogP contribution in [0.1, 0.15) is 41.7 Å². The van der Waals surface area contributed by atoms with Crippen LogP contribution >= 0.6 is 0 Å². The lowest BCUT2D eigenvalue weighted by Gasteiger charge is -2.05. The van der Waals surface area contributed by atoms with Crippen molar-refractivity contribution < 1.29 is 0 Å². The van der Waals surface area contributed by atoms with Crippen LogP contribution in [0.5, 0.6) is 0 Å². The minimum absolute atomic E-state index is 0.519. The number of para-hydroxylation sites is 2. The predicted octanol–water partition coefficient (Wildman–Crippen LogP) is 10.7. The fourth-order valence-corrected chi connectivity index (χ4v) is 6.49. The Morgan fingerprint density at radius 2 is 1.11 bits per heavy atom. The molecule has 0 saturated carbocycles. The maximum atomic E-state index is 10.0. The van der Waals surface area contributed by atoms with E-state index in [-0.39, 0.29) is 0 Å². The summed E-state index contributed by atoms with van der Waals surface area (Å²) in [5, 5.41) is 14.9. The third kappa shape index (κ3) is 4.46. The average Bonchev–Trinajstić information content (AvgIpc) is 3.57. The van der Waals surface area contributed by atoms with Crippen LogP contribution < -0.4 is 0 Å². The molecule has 0 amide bonds. The van der Waals surface area contributed by atoms with Gasteiger partial charge in [-0.3, -0.25) is 0 Å². The third-order valence-corrected chi connectivity index (χ3v) is 8.58. The molecule has 210 valence electrons. The number of nitrogens with zero attached hydrogens (tertiary/aromatic N) is 4. The van der Waals surface area contributed by atoms with Gasteiger partial charge in [0.2, 0.25) is 0 Å². The Morgan fingerprint density at radius 1 is 0.614 bits per heavy atom. The highest BCUT2D eigenvalue weighted by atomic mass is 15.0. The van der Waals surface area contributed by atoms with Crippen LogP contribution in [-0.4, -0.2) is 9.13 Å². The van der Waals surface area contributed by atoms with Crippen LogP contribution in [-0.2, 0) is 13.1 Å². The molecule has 7 rings (SSSR count). The van der Waals surface area contributed by atoms with Gasteiger partial charge in [0, 0.05) is 56.7 Å². The molecule has 0 atom stereocenters. The molecule has 0 aliphatic rings. The highest BCUT2D eigenvalue weighted by Crippen LogP contribution is 2.33. The van der Waals surface area contributed by atoms with Crippen LogP contribution in [0.2, 0.25) is 0 Å². The summed E-state index contributed by atoms with van der Waals surface area (Å²) in [6, 6.07) is 35.9. The molecule has 4 nitrogen and oxygen atoms in total. The van der Waals surface area contributed by atoms with Crippen molar-refractivity contribution in [3.05, 3.63) is 136 Å². The molecule has 0 radical (unpaired) electrons. The van der Waals surface area contributed by atoms with E-state index in [0.717, 1.165) is 35.3 Å². The first-order valence-corrected chi connectivity index (χ1v) is 15.0. The van der Waals surface area contributed by atoms with Gasteiger partial charge in [0.05, 0.1) is 18.2 Å². The van der Waals surface area contributed by atoms with Crippen molar-refractivity contribution in [1.29, 1.82) is 5.26 Å². The molecule has 2 heterocycles. The zero-order chi connectivity index (χ0) is 30.2. The molecular formula is C40H30N4. The summed E-state index contributed by atoms with van der Waals surface area (Å²) in [4.78, 5) is 3.82. The number of rotatable bonds is 6. The maximum Gasteiger partial charge on any atom is 0.194 e. The SMILES string of the molecule is [C-]#[N+]c1cc(/C=C/c2ccc3c(c2)c2ccccc2n3CC)c(C#N)cc1/C=C/c1ccc2c(c1)c1ccccc1n2CC. The second-order valence-corrected chi connectivity index (χ2v) is 11.0. The van der Waals surface area contributed by atoms with E-state index in [1.807, 2.05) is 36.4 Å². The van der Waals surface area contributed by atoms with Gasteiger partial charge in [-0.25, -0.2) is 4.85 Å². The van der Waals surface area contributed by atoms with Crippen LogP contribution in [0.3, 0.4) is 0 Å².